The average molecular weight is 263 g/mol. The molecule has 0 aliphatic rings. The maximum absolute atomic E-state index is 12.5. The summed E-state index contributed by atoms with van der Waals surface area (Å²) in [5, 5.41) is 11.8. The number of pyridine rings is 1. The van der Waals surface area contributed by atoms with Crippen LogP contribution in [0, 0.1) is 11.3 Å². The van der Waals surface area contributed by atoms with Crippen LogP contribution in [0.2, 0.25) is 0 Å². The van der Waals surface area contributed by atoms with Crippen molar-refractivity contribution in [3.8, 4) is 6.07 Å². The molecule has 0 fully saturated rings. The van der Waals surface area contributed by atoms with Crippen molar-refractivity contribution in [2.24, 2.45) is 0 Å². The first kappa shape index (κ1) is 12.9. The van der Waals surface area contributed by atoms with Gasteiger partial charge in [0.05, 0.1) is 28.7 Å². The zero-order chi connectivity index (χ0) is 13.9. The fourth-order valence-corrected chi connectivity index (χ4v) is 1.51. The Morgan fingerprint density at radius 2 is 2.00 bits per heavy atom. The van der Waals surface area contributed by atoms with E-state index < -0.39 is 11.7 Å². The molecular weight excluding hydrogens is 255 g/mol. The molecule has 6 heteroatoms. The summed E-state index contributed by atoms with van der Waals surface area (Å²) < 4.78 is 37.6. The van der Waals surface area contributed by atoms with Crippen LogP contribution in [0.4, 0.5) is 24.5 Å². The summed E-state index contributed by atoms with van der Waals surface area (Å²) in [5.74, 6) is 0. The smallest absolute Gasteiger partial charge is 0.353 e. The van der Waals surface area contributed by atoms with Crippen LogP contribution in [-0.4, -0.2) is 4.98 Å². The number of aromatic nitrogens is 1. The molecule has 2 aromatic rings. The van der Waals surface area contributed by atoms with Gasteiger partial charge in [0.2, 0.25) is 0 Å². The normalized spacial score (nSPS) is 10.8. The number of halogens is 3. The van der Waals surface area contributed by atoms with Crippen molar-refractivity contribution in [1.82, 2.24) is 4.98 Å². The number of rotatable bonds is 2. The molecule has 3 nitrogen and oxygen atoms in total. The molecule has 2 rings (SSSR count). The Morgan fingerprint density at radius 3 is 2.58 bits per heavy atom. The Balaban J connectivity index is 2.35. The lowest BCUT2D eigenvalue weighted by Crippen LogP contribution is -2.06. The number of nitrogens with one attached hydrogen (secondary N) is 1. The van der Waals surface area contributed by atoms with Crippen molar-refractivity contribution in [2.45, 2.75) is 6.18 Å². The van der Waals surface area contributed by atoms with Gasteiger partial charge in [0.1, 0.15) is 6.07 Å². The molecule has 0 bridgehead atoms. The van der Waals surface area contributed by atoms with Gasteiger partial charge in [-0.05, 0) is 30.3 Å². The maximum atomic E-state index is 12.5. The summed E-state index contributed by atoms with van der Waals surface area (Å²) in [4.78, 5) is 3.87. The van der Waals surface area contributed by atoms with E-state index in [1.165, 1.54) is 12.3 Å². The molecule has 0 aliphatic heterocycles. The second-order valence-corrected chi connectivity index (χ2v) is 3.74. The first-order valence-electron chi connectivity index (χ1n) is 5.29. The zero-order valence-corrected chi connectivity index (χ0v) is 9.57. The third-order valence-corrected chi connectivity index (χ3v) is 2.41. The van der Waals surface area contributed by atoms with Gasteiger partial charge >= 0.3 is 6.18 Å². The second-order valence-electron chi connectivity index (χ2n) is 3.74. The summed E-state index contributed by atoms with van der Waals surface area (Å²) in [7, 11) is 0. The number of nitriles is 1. The molecule has 0 saturated heterocycles. The molecule has 1 aromatic heterocycles. The Hall–Kier alpha value is -2.55. The molecule has 1 N–H and O–H groups in total. The quantitative estimate of drug-likeness (QED) is 0.898. The van der Waals surface area contributed by atoms with E-state index in [-0.39, 0.29) is 5.56 Å². The van der Waals surface area contributed by atoms with Crippen molar-refractivity contribution in [2.75, 3.05) is 5.32 Å². The molecule has 1 aromatic carbocycles. The van der Waals surface area contributed by atoms with Gasteiger partial charge in [-0.3, -0.25) is 4.98 Å². The van der Waals surface area contributed by atoms with Gasteiger partial charge in [0.25, 0.3) is 0 Å². The molecule has 0 saturated carbocycles. The van der Waals surface area contributed by atoms with E-state index in [1.807, 2.05) is 0 Å². The Labute approximate surface area is 107 Å². The number of benzene rings is 1. The molecular formula is C13H8F3N3. The Morgan fingerprint density at radius 1 is 1.21 bits per heavy atom. The van der Waals surface area contributed by atoms with Crippen LogP contribution in [0.15, 0.2) is 42.7 Å². The summed E-state index contributed by atoms with van der Waals surface area (Å²) >= 11 is 0. The van der Waals surface area contributed by atoms with E-state index in [4.69, 9.17) is 5.26 Å². The minimum Gasteiger partial charge on any atom is -0.353 e. The van der Waals surface area contributed by atoms with E-state index in [9.17, 15) is 13.2 Å². The van der Waals surface area contributed by atoms with Crippen molar-refractivity contribution >= 4 is 11.4 Å². The molecule has 0 aliphatic carbocycles. The van der Waals surface area contributed by atoms with Crippen molar-refractivity contribution in [3.05, 3.63) is 53.9 Å². The predicted octanol–water partition coefficient (Wildman–Crippen LogP) is 3.72. The van der Waals surface area contributed by atoms with Crippen LogP contribution in [0.3, 0.4) is 0 Å². The molecule has 1 heterocycles. The Kier molecular flexibility index (Phi) is 3.38. The van der Waals surface area contributed by atoms with E-state index in [1.54, 1.807) is 24.4 Å². The van der Waals surface area contributed by atoms with E-state index >= 15 is 0 Å². The lowest BCUT2D eigenvalue weighted by Gasteiger charge is -2.11. The SMILES string of the molecule is N#Cc1cc(C(F)(F)F)ccc1Nc1cccnc1. The minimum absolute atomic E-state index is 0.0707. The highest BCUT2D eigenvalue weighted by Gasteiger charge is 2.31. The number of hydrogen-bond acceptors (Lipinski definition) is 3. The van der Waals surface area contributed by atoms with Crippen LogP contribution in [-0.2, 0) is 6.18 Å². The van der Waals surface area contributed by atoms with Gasteiger partial charge in [0.15, 0.2) is 0 Å². The van der Waals surface area contributed by atoms with Crippen LogP contribution in [0.5, 0.6) is 0 Å². The summed E-state index contributed by atoms with van der Waals surface area (Å²) in [6, 6.07) is 8.10. The lowest BCUT2D eigenvalue weighted by atomic mass is 10.1. The standard InChI is InChI=1S/C13H8F3N3/c14-13(15,16)10-3-4-12(9(6-10)7-17)19-11-2-1-5-18-8-11/h1-6,8,19H. The van der Waals surface area contributed by atoms with Gasteiger partial charge in [0, 0.05) is 6.20 Å². The predicted molar refractivity (Wildman–Crippen MR) is 63.7 cm³/mol. The highest BCUT2D eigenvalue weighted by molar-refractivity contribution is 5.66. The summed E-state index contributed by atoms with van der Waals surface area (Å²) in [5.41, 5.74) is -0.0123. The number of nitrogens with zero attached hydrogens (tertiary/aromatic N) is 2. The second kappa shape index (κ2) is 4.98. The first-order chi connectivity index (χ1) is 9.00. The maximum Gasteiger partial charge on any atom is 0.416 e. The molecule has 0 amide bonds. The topological polar surface area (TPSA) is 48.7 Å². The summed E-state index contributed by atoms with van der Waals surface area (Å²) in [6.07, 6.45) is -1.37. The molecule has 0 spiro atoms. The number of hydrogen-bond donors (Lipinski definition) is 1. The molecule has 96 valence electrons. The van der Waals surface area contributed by atoms with E-state index in [0.29, 0.717) is 11.4 Å². The fraction of sp³-hybridized carbons (Fsp3) is 0.0769. The van der Waals surface area contributed by atoms with Crippen LogP contribution >= 0.6 is 0 Å². The largest absolute Gasteiger partial charge is 0.416 e. The van der Waals surface area contributed by atoms with Crippen LogP contribution < -0.4 is 5.32 Å². The third kappa shape index (κ3) is 3.01. The third-order valence-electron chi connectivity index (χ3n) is 2.41. The molecule has 0 radical (unpaired) electrons. The highest BCUT2D eigenvalue weighted by Crippen LogP contribution is 2.32. The van der Waals surface area contributed by atoms with Gasteiger partial charge in [-0.15, -0.1) is 0 Å². The lowest BCUT2D eigenvalue weighted by molar-refractivity contribution is -0.137. The number of anilines is 2. The van der Waals surface area contributed by atoms with E-state index in [2.05, 4.69) is 10.3 Å². The minimum atomic E-state index is -4.46. The van der Waals surface area contributed by atoms with Crippen molar-refractivity contribution in [1.29, 1.82) is 5.26 Å². The molecule has 19 heavy (non-hydrogen) atoms. The van der Waals surface area contributed by atoms with Gasteiger partial charge < -0.3 is 5.32 Å². The van der Waals surface area contributed by atoms with Gasteiger partial charge in [-0.25, -0.2) is 0 Å². The van der Waals surface area contributed by atoms with Crippen LogP contribution in [0.25, 0.3) is 0 Å². The highest BCUT2D eigenvalue weighted by atomic mass is 19.4. The Bertz CT molecular complexity index is 615. The summed E-state index contributed by atoms with van der Waals surface area (Å²) in [6.45, 7) is 0. The van der Waals surface area contributed by atoms with Crippen LogP contribution in [0.1, 0.15) is 11.1 Å². The van der Waals surface area contributed by atoms with Crippen molar-refractivity contribution < 1.29 is 13.2 Å². The molecule has 0 unspecified atom stereocenters. The van der Waals surface area contributed by atoms with E-state index in [0.717, 1.165) is 12.1 Å². The fourth-order valence-electron chi connectivity index (χ4n) is 1.51. The monoisotopic (exact) mass is 263 g/mol. The van der Waals surface area contributed by atoms with Gasteiger partial charge in [-0.1, -0.05) is 0 Å². The first-order valence-corrected chi connectivity index (χ1v) is 5.29. The van der Waals surface area contributed by atoms with Crippen molar-refractivity contribution in [3.63, 3.8) is 0 Å². The van der Waals surface area contributed by atoms with Gasteiger partial charge in [-0.2, -0.15) is 18.4 Å². The number of alkyl halides is 3. The average Bonchev–Trinajstić information content (AvgIpc) is 2.39. The zero-order valence-electron chi connectivity index (χ0n) is 9.57. The molecule has 0 atom stereocenters.